The van der Waals surface area contributed by atoms with Crippen molar-refractivity contribution in [1.82, 2.24) is 4.90 Å². The Morgan fingerprint density at radius 3 is 2.63 bits per heavy atom. The summed E-state index contributed by atoms with van der Waals surface area (Å²) in [5, 5.41) is 0.317. The minimum Gasteiger partial charge on any atom is -0.399 e. The number of amides is 2. The number of halogens is 1. The molecule has 5 nitrogen and oxygen atoms in total. The summed E-state index contributed by atoms with van der Waals surface area (Å²) in [6.07, 6.45) is 0.570. The molecule has 1 atom stereocenters. The minimum absolute atomic E-state index is 0.199. The molecule has 1 aliphatic rings. The molecule has 1 unspecified atom stereocenters. The zero-order valence-corrected chi connectivity index (χ0v) is 11.4. The second-order valence-corrected chi connectivity index (χ2v) is 5.55. The lowest BCUT2D eigenvalue weighted by Gasteiger charge is -2.21. The van der Waals surface area contributed by atoms with Crippen LogP contribution in [0.3, 0.4) is 0 Å². The van der Waals surface area contributed by atoms with Gasteiger partial charge < -0.3 is 16.4 Å². The van der Waals surface area contributed by atoms with Crippen LogP contribution in [-0.2, 0) is 4.79 Å². The highest BCUT2D eigenvalue weighted by Crippen LogP contribution is 2.31. The molecule has 1 aromatic rings. The molecule has 1 aliphatic heterocycles. The summed E-state index contributed by atoms with van der Waals surface area (Å²) in [7, 11) is 0. The molecule has 19 heavy (non-hydrogen) atoms. The standard InChI is InChI=1S/C13H16ClN3O2/c1-13(12(16)19)4-5-17(7-13)11(18)9-3-2-8(15)6-10(9)14/h2-3,6H,4-5,7,15H2,1H3,(H2,16,19). The Morgan fingerprint density at radius 2 is 2.11 bits per heavy atom. The van der Waals surface area contributed by atoms with Gasteiger partial charge in [0, 0.05) is 18.8 Å². The van der Waals surface area contributed by atoms with E-state index < -0.39 is 5.41 Å². The maximum Gasteiger partial charge on any atom is 0.255 e. The van der Waals surface area contributed by atoms with Crippen molar-refractivity contribution in [3.05, 3.63) is 28.8 Å². The van der Waals surface area contributed by atoms with E-state index in [1.807, 2.05) is 0 Å². The maximum absolute atomic E-state index is 12.3. The first-order valence-corrected chi connectivity index (χ1v) is 6.35. The second-order valence-electron chi connectivity index (χ2n) is 5.14. The molecule has 2 amide bonds. The van der Waals surface area contributed by atoms with Gasteiger partial charge in [0.15, 0.2) is 0 Å². The van der Waals surface area contributed by atoms with Crippen LogP contribution in [0.5, 0.6) is 0 Å². The van der Waals surface area contributed by atoms with Gasteiger partial charge in [-0.3, -0.25) is 9.59 Å². The maximum atomic E-state index is 12.3. The van der Waals surface area contributed by atoms with Crippen LogP contribution in [0.15, 0.2) is 18.2 Å². The molecule has 4 N–H and O–H groups in total. The van der Waals surface area contributed by atoms with Crippen LogP contribution >= 0.6 is 11.6 Å². The minimum atomic E-state index is -0.657. The Bertz CT molecular complexity index is 547. The fourth-order valence-electron chi connectivity index (χ4n) is 2.21. The summed E-state index contributed by atoms with van der Waals surface area (Å²) in [6, 6.07) is 4.76. The molecule has 0 aliphatic carbocycles. The van der Waals surface area contributed by atoms with Crippen molar-refractivity contribution >= 4 is 29.1 Å². The van der Waals surface area contributed by atoms with Crippen molar-refractivity contribution in [1.29, 1.82) is 0 Å². The third-order valence-electron chi connectivity index (χ3n) is 3.58. The second kappa shape index (κ2) is 4.74. The highest BCUT2D eigenvalue weighted by molar-refractivity contribution is 6.34. The van der Waals surface area contributed by atoms with Crippen molar-refractivity contribution < 1.29 is 9.59 Å². The van der Waals surface area contributed by atoms with Gasteiger partial charge in [0.1, 0.15) is 0 Å². The third kappa shape index (κ3) is 2.51. The molecule has 0 aromatic heterocycles. The Kier molecular flexibility index (Phi) is 3.41. The molecule has 0 radical (unpaired) electrons. The molecule has 1 aromatic carbocycles. The number of nitrogens with two attached hydrogens (primary N) is 2. The number of rotatable bonds is 2. The molecular formula is C13H16ClN3O2. The van der Waals surface area contributed by atoms with Gasteiger partial charge in [-0.1, -0.05) is 11.6 Å². The van der Waals surface area contributed by atoms with E-state index in [4.69, 9.17) is 23.1 Å². The summed E-state index contributed by atoms with van der Waals surface area (Å²) < 4.78 is 0. The van der Waals surface area contributed by atoms with E-state index in [1.165, 1.54) is 6.07 Å². The molecule has 0 bridgehead atoms. The molecule has 1 heterocycles. The van der Waals surface area contributed by atoms with Crippen LogP contribution in [0, 0.1) is 5.41 Å². The topological polar surface area (TPSA) is 89.4 Å². The number of benzene rings is 1. The van der Waals surface area contributed by atoms with Gasteiger partial charge in [0.05, 0.1) is 16.0 Å². The van der Waals surface area contributed by atoms with Gasteiger partial charge in [-0.25, -0.2) is 0 Å². The van der Waals surface area contributed by atoms with Crippen LogP contribution < -0.4 is 11.5 Å². The van der Waals surface area contributed by atoms with E-state index in [2.05, 4.69) is 0 Å². The van der Waals surface area contributed by atoms with Crippen molar-refractivity contribution in [2.75, 3.05) is 18.8 Å². The number of nitrogen functional groups attached to an aromatic ring is 1. The smallest absolute Gasteiger partial charge is 0.255 e. The van der Waals surface area contributed by atoms with Crippen molar-refractivity contribution in [3.8, 4) is 0 Å². The lowest BCUT2D eigenvalue weighted by molar-refractivity contribution is -0.126. The molecular weight excluding hydrogens is 266 g/mol. The first-order chi connectivity index (χ1) is 8.83. The fourth-order valence-corrected chi connectivity index (χ4v) is 2.48. The van der Waals surface area contributed by atoms with Gasteiger partial charge in [-0.2, -0.15) is 0 Å². The number of hydrogen-bond donors (Lipinski definition) is 2. The average Bonchev–Trinajstić information content (AvgIpc) is 2.73. The largest absolute Gasteiger partial charge is 0.399 e. The first kappa shape index (κ1) is 13.7. The number of hydrogen-bond acceptors (Lipinski definition) is 3. The summed E-state index contributed by atoms with van der Waals surface area (Å²) in [5.74, 6) is -0.582. The van der Waals surface area contributed by atoms with Gasteiger partial charge in [-0.05, 0) is 31.5 Å². The normalized spacial score (nSPS) is 22.5. The Balaban J connectivity index is 2.20. The average molecular weight is 282 g/mol. The number of likely N-dealkylation sites (tertiary alicyclic amines) is 1. The summed E-state index contributed by atoms with van der Waals surface area (Å²) in [6.45, 7) is 2.59. The van der Waals surface area contributed by atoms with Gasteiger partial charge in [0.2, 0.25) is 5.91 Å². The molecule has 102 valence electrons. The lowest BCUT2D eigenvalue weighted by atomic mass is 9.89. The van der Waals surface area contributed by atoms with E-state index in [0.29, 0.717) is 35.8 Å². The highest BCUT2D eigenvalue weighted by atomic mass is 35.5. The molecule has 2 rings (SSSR count). The Hall–Kier alpha value is -1.75. The third-order valence-corrected chi connectivity index (χ3v) is 3.89. The quantitative estimate of drug-likeness (QED) is 0.800. The highest BCUT2D eigenvalue weighted by Gasteiger charge is 2.41. The number of carbonyl (C=O) groups excluding carboxylic acids is 2. The van der Waals surface area contributed by atoms with E-state index in [-0.39, 0.29) is 11.8 Å². The molecule has 1 fully saturated rings. The Labute approximate surface area is 116 Å². The van der Waals surface area contributed by atoms with E-state index in [1.54, 1.807) is 24.0 Å². The predicted octanol–water partition coefficient (Wildman–Crippen LogP) is 1.26. The van der Waals surface area contributed by atoms with Crippen LogP contribution in [0.4, 0.5) is 5.69 Å². The van der Waals surface area contributed by atoms with Crippen LogP contribution in [0.1, 0.15) is 23.7 Å². The van der Waals surface area contributed by atoms with Crippen molar-refractivity contribution in [2.45, 2.75) is 13.3 Å². The Morgan fingerprint density at radius 1 is 1.42 bits per heavy atom. The molecule has 0 saturated carbocycles. The van der Waals surface area contributed by atoms with Gasteiger partial charge >= 0.3 is 0 Å². The summed E-state index contributed by atoms with van der Waals surface area (Å²) >= 11 is 6.02. The van der Waals surface area contributed by atoms with Crippen molar-refractivity contribution in [3.63, 3.8) is 0 Å². The van der Waals surface area contributed by atoms with Crippen LogP contribution in [0.25, 0.3) is 0 Å². The van der Waals surface area contributed by atoms with E-state index in [9.17, 15) is 9.59 Å². The zero-order chi connectivity index (χ0) is 14.2. The van der Waals surface area contributed by atoms with Crippen LogP contribution in [-0.4, -0.2) is 29.8 Å². The molecule has 1 saturated heterocycles. The van der Waals surface area contributed by atoms with E-state index >= 15 is 0 Å². The monoisotopic (exact) mass is 281 g/mol. The number of carbonyl (C=O) groups is 2. The SMILES string of the molecule is CC1(C(N)=O)CCN(C(=O)c2ccc(N)cc2Cl)C1. The number of primary amides is 1. The number of anilines is 1. The number of nitrogens with zero attached hydrogens (tertiary/aromatic N) is 1. The van der Waals surface area contributed by atoms with Gasteiger partial charge in [-0.15, -0.1) is 0 Å². The summed E-state index contributed by atoms with van der Waals surface area (Å²) in [4.78, 5) is 25.3. The molecule has 6 heteroatoms. The van der Waals surface area contributed by atoms with Crippen LogP contribution in [0.2, 0.25) is 5.02 Å². The first-order valence-electron chi connectivity index (χ1n) is 5.98. The zero-order valence-electron chi connectivity index (χ0n) is 10.6. The van der Waals surface area contributed by atoms with Gasteiger partial charge in [0.25, 0.3) is 5.91 Å². The predicted molar refractivity (Wildman–Crippen MR) is 73.7 cm³/mol. The van der Waals surface area contributed by atoms with Crippen molar-refractivity contribution in [2.24, 2.45) is 11.1 Å². The van der Waals surface area contributed by atoms with E-state index in [0.717, 1.165) is 0 Å². The summed E-state index contributed by atoms with van der Waals surface area (Å²) in [5.41, 5.74) is 11.2. The fraction of sp³-hybridized carbons (Fsp3) is 0.385. The lowest BCUT2D eigenvalue weighted by Crippen LogP contribution is -2.38. The molecule has 0 spiro atoms.